The monoisotopic (exact) mass is 348 g/mol. The van der Waals surface area contributed by atoms with Crippen molar-refractivity contribution in [3.8, 4) is 0 Å². The zero-order valence-electron chi connectivity index (χ0n) is 13.1. The Morgan fingerprint density at radius 3 is 0.875 bits per heavy atom. The van der Waals surface area contributed by atoms with E-state index in [1.54, 1.807) is 0 Å². The van der Waals surface area contributed by atoms with E-state index >= 15 is 0 Å². The van der Waals surface area contributed by atoms with Crippen LogP contribution in [0.15, 0.2) is 36.5 Å². The quantitative estimate of drug-likeness (QED) is 0.314. The molecule has 0 aromatic heterocycles. The SMILES string of the molecule is O=C(O)/C=C/CCO.O=C(O)/C=C/CCO.O=C(O)/C=C/CCO. The van der Waals surface area contributed by atoms with Crippen LogP contribution >= 0.6 is 0 Å². The predicted molar refractivity (Wildman–Crippen MR) is 85.4 cm³/mol. The van der Waals surface area contributed by atoms with Crippen LogP contribution in [0.5, 0.6) is 0 Å². The summed E-state index contributed by atoms with van der Waals surface area (Å²) in [5.74, 6) is -2.92. The van der Waals surface area contributed by atoms with Crippen molar-refractivity contribution in [3.05, 3.63) is 36.5 Å². The summed E-state index contributed by atoms with van der Waals surface area (Å²) in [6, 6.07) is 0. The molecule has 9 nitrogen and oxygen atoms in total. The van der Waals surface area contributed by atoms with E-state index in [1.165, 1.54) is 18.2 Å². The highest BCUT2D eigenvalue weighted by Gasteiger charge is 1.82. The van der Waals surface area contributed by atoms with Crippen LogP contribution in [-0.2, 0) is 14.4 Å². The summed E-state index contributed by atoms with van der Waals surface area (Å²) >= 11 is 0. The minimum atomic E-state index is -0.974. The molecule has 9 heteroatoms. The molecule has 24 heavy (non-hydrogen) atoms. The lowest BCUT2D eigenvalue weighted by Crippen LogP contribution is -1.86. The molecule has 6 N–H and O–H groups in total. The fourth-order valence-corrected chi connectivity index (χ4v) is 0.776. The van der Waals surface area contributed by atoms with E-state index in [0.29, 0.717) is 19.3 Å². The molecule has 0 aliphatic rings. The molecule has 138 valence electrons. The molecule has 0 aromatic rings. The number of hydrogen-bond donors (Lipinski definition) is 6. The Labute approximate surface area is 139 Å². The summed E-state index contributed by atoms with van der Waals surface area (Å²) < 4.78 is 0. The average Bonchev–Trinajstić information content (AvgIpc) is 2.48. The third-order valence-electron chi connectivity index (χ3n) is 1.67. The zero-order valence-corrected chi connectivity index (χ0v) is 13.1. The fraction of sp³-hybridized carbons (Fsp3) is 0.400. The molecule has 0 rings (SSSR count). The van der Waals surface area contributed by atoms with Crippen molar-refractivity contribution >= 4 is 17.9 Å². The van der Waals surface area contributed by atoms with Gasteiger partial charge in [0.2, 0.25) is 0 Å². The fourth-order valence-electron chi connectivity index (χ4n) is 0.776. The predicted octanol–water partition coefficient (Wildman–Crippen LogP) is 0.0288. The second-order valence-electron chi connectivity index (χ2n) is 3.76. The van der Waals surface area contributed by atoms with E-state index in [9.17, 15) is 14.4 Å². The van der Waals surface area contributed by atoms with E-state index in [-0.39, 0.29) is 19.8 Å². The molecule has 0 fully saturated rings. The standard InChI is InChI=1S/3C5H8O3/c3*6-4-2-1-3-5(7)8/h3*1,3,6H,2,4H2,(H,7,8)/b3*3-1+. The maximum absolute atomic E-state index is 9.71. The van der Waals surface area contributed by atoms with E-state index in [0.717, 1.165) is 18.2 Å². The van der Waals surface area contributed by atoms with Crippen molar-refractivity contribution in [2.75, 3.05) is 19.8 Å². The molecule has 0 heterocycles. The molecule has 0 spiro atoms. The van der Waals surface area contributed by atoms with Gasteiger partial charge in [-0.05, 0) is 19.3 Å². The Kier molecular flexibility index (Phi) is 25.1. The van der Waals surface area contributed by atoms with Crippen molar-refractivity contribution in [1.29, 1.82) is 0 Å². The summed E-state index contributed by atoms with van der Waals surface area (Å²) in [6.45, 7) is 0.0112. The van der Waals surface area contributed by atoms with Gasteiger partial charge in [-0.3, -0.25) is 0 Å². The summed E-state index contributed by atoms with van der Waals surface area (Å²) in [5.41, 5.74) is 0. The number of rotatable bonds is 9. The molecule has 0 bridgehead atoms. The van der Waals surface area contributed by atoms with Gasteiger partial charge in [-0.1, -0.05) is 18.2 Å². The lowest BCUT2D eigenvalue weighted by molar-refractivity contribution is -0.132. The first-order valence-corrected chi connectivity index (χ1v) is 6.82. The molecular formula is C15H24O9. The molecule has 0 unspecified atom stereocenters. The van der Waals surface area contributed by atoms with Gasteiger partial charge in [-0.2, -0.15) is 0 Å². The van der Waals surface area contributed by atoms with Crippen molar-refractivity contribution in [2.45, 2.75) is 19.3 Å². The largest absolute Gasteiger partial charge is 0.478 e. The van der Waals surface area contributed by atoms with Crippen molar-refractivity contribution in [3.63, 3.8) is 0 Å². The molecule has 0 atom stereocenters. The number of carbonyl (C=O) groups is 3. The summed E-state index contributed by atoms with van der Waals surface area (Å²) in [6.07, 6.45) is 8.47. The number of carboxylic acid groups (broad SMARTS) is 3. The Balaban J connectivity index is -0.000000276. The number of carboxylic acids is 3. The van der Waals surface area contributed by atoms with Gasteiger partial charge in [-0.15, -0.1) is 0 Å². The third-order valence-corrected chi connectivity index (χ3v) is 1.67. The molecule has 0 aromatic carbocycles. The van der Waals surface area contributed by atoms with Crippen LogP contribution in [0.2, 0.25) is 0 Å². The smallest absolute Gasteiger partial charge is 0.327 e. The van der Waals surface area contributed by atoms with Crippen molar-refractivity contribution < 1.29 is 45.0 Å². The maximum Gasteiger partial charge on any atom is 0.327 e. The molecule has 0 amide bonds. The van der Waals surface area contributed by atoms with Crippen molar-refractivity contribution in [2.24, 2.45) is 0 Å². The van der Waals surface area contributed by atoms with Crippen LogP contribution < -0.4 is 0 Å². The van der Waals surface area contributed by atoms with Gasteiger partial charge < -0.3 is 30.6 Å². The normalized spacial score (nSPS) is 10.1. The van der Waals surface area contributed by atoms with Gasteiger partial charge >= 0.3 is 17.9 Å². The van der Waals surface area contributed by atoms with E-state index in [2.05, 4.69) is 0 Å². The van der Waals surface area contributed by atoms with E-state index in [4.69, 9.17) is 30.6 Å². The van der Waals surface area contributed by atoms with Gasteiger partial charge in [0.15, 0.2) is 0 Å². The zero-order chi connectivity index (χ0) is 19.2. The molecule has 0 radical (unpaired) electrons. The number of hydrogen-bond acceptors (Lipinski definition) is 6. The van der Waals surface area contributed by atoms with Crippen LogP contribution in [-0.4, -0.2) is 68.4 Å². The van der Waals surface area contributed by atoms with Gasteiger partial charge in [0.05, 0.1) is 0 Å². The third kappa shape index (κ3) is 42.7. The minimum absolute atomic E-state index is 0.00375. The number of aliphatic hydroxyl groups excluding tert-OH is 3. The maximum atomic E-state index is 9.71. The van der Waals surface area contributed by atoms with Crippen molar-refractivity contribution in [1.82, 2.24) is 0 Å². The summed E-state index contributed by atoms with van der Waals surface area (Å²) in [4.78, 5) is 29.1. The minimum Gasteiger partial charge on any atom is -0.478 e. The average molecular weight is 348 g/mol. The summed E-state index contributed by atoms with van der Waals surface area (Å²) in [5, 5.41) is 48.3. The Morgan fingerprint density at radius 2 is 0.750 bits per heavy atom. The second-order valence-corrected chi connectivity index (χ2v) is 3.76. The first-order chi connectivity index (χ1) is 11.3. The Hall–Kier alpha value is -2.49. The first kappa shape index (κ1) is 26.4. The van der Waals surface area contributed by atoms with E-state index < -0.39 is 17.9 Å². The Morgan fingerprint density at radius 1 is 0.542 bits per heavy atom. The highest BCUT2D eigenvalue weighted by atomic mass is 16.4. The lowest BCUT2D eigenvalue weighted by Gasteiger charge is -1.79. The van der Waals surface area contributed by atoms with Gasteiger partial charge in [0.1, 0.15) is 0 Å². The molecule has 0 aliphatic carbocycles. The number of aliphatic carboxylic acids is 3. The second kappa shape index (κ2) is 22.8. The molecule has 0 saturated heterocycles. The highest BCUT2D eigenvalue weighted by Crippen LogP contribution is 1.79. The van der Waals surface area contributed by atoms with Crippen LogP contribution in [0.25, 0.3) is 0 Å². The van der Waals surface area contributed by atoms with Crippen LogP contribution in [0.4, 0.5) is 0 Å². The molecular weight excluding hydrogens is 324 g/mol. The van der Waals surface area contributed by atoms with Gasteiger partial charge in [0, 0.05) is 38.0 Å². The van der Waals surface area contributed by atoms with E-state index in [1.807, 2.05) is 0 Å². The van der Waals surface area contributed by atoms with Crippen LogP contribution in [0.1, 0.15) is 19.3 Å². The first-order valence-electron chi connectivity index (χ1n) is 6.82. The molecule has 0 aliphatic heterocycles. The topological polar surface area (TPSA) is 173 Å². The van der Waals surface area contributed by atoms with Crippen LogP contribution in [0, 0.1) is 0 Å². The Bertz CT molecular complexity index is 349. The summed E-state index contributed by atoms with van der Waals surface area (Å²) in [7, 11) is 0. The van der Waals surface area contributed by atoms with Gasteiger partial charge in [0.25, 0.3) is 0 Å². The van der Waals surface area contributed by atoms with Crippen LogP contribution in [0.3, 0.4) is 0 Å². The molecule has 0 saturated carbocycles. The van der Waals surface area contributed by atoms with Gasteiger partial charge in [-0.25, -0.2) is 14.4 Å². The highest BCUT2D eigenvalue weighted by molar-refractivity contribution is 5.80. The lowest BCUT2D eigenvalue weighted by atomic mass is 10.4. The number of aliphatic hydroxyl groups is 3.